The van der Waals surface area contributed by atoms with Crippen molar-refractivity contribution < 1.29 is 14.8 Å². The summed E-state index contributed by atoms with van der Waals surface area (Å²) in [7, 11) is 0. The van der Waals surface area contributed by atoms with Crippen molar-refractivity contribution in [2.45, 2.75) is 46.1 Å². The first-order valence-electron chi connectivity index (χ1n) is 8.18. The van der Waals surface area contributed by atoms with Crippen molar-refractivity contribution in [2.75, 3.05) is 5.43 Å². The molecule has 2 amide bonds. The van der Waals surface area contributed by atoms with Crippen molar-refractivity contribution in [3.05, 3.63) is 18.0 Å². The highest BCUT2D eigenvalue weighted by atomic mass is 16.5. The van der Waals surface area contributed by atoms with Gasteiger partial charge < -0.3 is 0 Å². The molecule has 0 spiro atoms. The number of carbonyl (C=O) groups excluding carboxylic acids is 2. The van der Waals surface area contributed by atoms with Gasteiger partial charge in [0.1, 0.15) is 6.04 Å². The minimum atomic E-state index is -0.940. The summed E-state index contributed by atoms with van der Waals surface area (Å²) in [6.07, 6.45) is 4.51. The summed E-state index contributed by atoms with van der Waals surface area (Å²) < 4.78 is 0. The number of aromatic nitrogens is 2. The van der Waals surface area contributed by atoms with Crippen LogP contribution in [-0.2, 0) is 9.59 Å². The molecule has 1 aliphatic rings. The molecule has 8 heteroatoms. The predicted octanol–water partition coefficient (Wildman–Crippen LogP) is 1.52. The standard InChI is InChI=1S/C16H25N5O3/c1-10-6-11(2)8-13(7-10)14(21(24)9-22)15(23)19-20-16-17-5-4-12(3)18-16/h4-5,9-11,13-14,24H,6-8H2,1-3H3,(H,19,23)(H,17,18,20)/t10-,11+,13?,14?. The van der Waals surface area contributed by atoms with Gasteiger partial charge in [0.2, 0.25) is 12.4 Å². The Kier molecular flexibility index (Phi) is 6.08. The van der Waals surface area contributed by atoms with E-state index in [4.69, 9.17) is 0 Å². The fraction of sp³-hybridized carbons (Fsp3) is 0.625. The van der Waals surface area contributed by atoms with Crippen LogP contribution in [0, 0.1) is 24.7 Å². The number of carbonyl (C=O) groups is 2. The lowest BCUT2D eigenvalue weighted by molar-refractivity contribution is -0.174. The molecule has 0 aromatic carbocycles. The molecule has 1 fully saturated rings. The van der Waals surface area contributed by atoms with E-state index in [9.17, 15) is 14.8 Å². The Morgan fingerprint density at radius 1 is 1.38 bits per heavy atom. The maximum absolute atomic E-state index is 12.5. The van der Waals surface area contributed by atoms with Crippen LogP contribution in [0.1, 0.15) is 38.8 Å². The number of hydroxylamine groups is 2. The second kappa shape index (κ2) is 8.05. The van der Waals surface area contributed by atoms with Crippen LogP contribution in [0.5, 0.6) is 0 Å². The second-order valence-electron chi connectivity index (χ2n) is 6.74. The van der Waals surface area contributed by atoms with E-state index in [1.165, 1.54) is 0 Å². The van der Waals surface area contributed by atoms with Gasteiger partial charge in [0, 0.05) is 11.9 Å². The number of aryl methyl sites for hydroxylation is 1. The van der Waals surface area contributed by atoms with E-state index in [1.54, 1.807) is 12.3 Å². The number of hydrogen-bond acceptors (Lipinski definition) is 6. The summed E-state index contributed by atoms with van der Waals surface area (Å²) in [6.45, 7) is 6.06. The number of hydrazine groups is 1. The molecule has 0 bridgehead atoms. The van der Waals surface area contributed by atoms with E-state index in [0.717, 1.165) is 25.0 Å². The van der Waals surface area contributed by atoms with E-state index < -0.39 is 11.9 Å². The molecule has 4 atom stereocenters. The SMILES string of the molecule is Cc1ccnc(NNC(=O)C(C2C[C@@H](C)C[C@@H](C)C2)N(O)C=O)n1. The second-order valence-corrected chi connectivity index (χ2v) is 6.74. The van der Waals surface area contributed by atoms with E-state index in [1.807, 2.05) is 6.92 Å². The maximum Gasteiger partial charge on any atom is 0.264 e. The van der Waals surface area contributed by atoms with Gasteiger partial charge in [-0.15, -0.1) is 0 Å². The van der Waals surface area contributed by atoms with E-state index in [-0.39, 0.29) is 18.3 Å². The fourth-order valence-corrected chi connectivity index (χ4v) is 3.58. The van der Waals surface area contributed by atoms with Gasteiger partial charge in [-0.1, -0.05) is 13.8 Å². The summed E-state index contributed by atoms with van der Waals surface area (Å²) >= 11 is 0. The minimum absolute atomic E-state index is 0.0980. The first-order chi connectivity index (χ1) is 11.4. The summed E-state index contributed by atoms with van der Waals surface area (Å²) in [6, 6.07) is 0.799. The molecule has 24 heavy (non-hydrogen) atoms. The van der Waals surface area contributed by atoms with Crippen molar-refractivity contribution in [2.24, 2.45) is 17.8 Å². The molecule has 3 N–H and O–H groups in total. The Balaban J connectivity index is 2.06. The summed E-state index contributed by atoms with van der Waals surface area (Å²) in [5.74, 6) is 0.563. The number of amides is 2. The molecule has 8 nitrogen and oxygen atoms in total. The van der Waals surface area contributed by atoms with Gasteiger partial charge in [0.25, 0.3) is 5.91 Å². The lowest BCUT2D eigenvalue weighted by atomic mass is 9.73. The van der Waals surface area contributed by atoms with Gasteiger partial charge in [0.15, 0.2) is 0 Å². The molecule has 1 heterocycles. The Morgan fingerprint density at radius 2 is 2.04 bits per heavy atom. The van der Waals surface area contributed by atoms with Crippen LogP contribution in [0.4, 0.5) is 5.95 Å². The van der Waals surface area contributed by atoms with Gasteiger partial charge in [-0.3, -0.25) is 25.6 Å². The van der Waals surface area contributed by atoms with Gasteiger partial charge in [-0.25, -0.2) is 15.0 Å². The molecular weight excluding hydrogens is 310 g/mol. The van der Waals surface area contributed by atoms with Crippen LogP contribution in [0.15, 0.2) is 12.3 Å². The predicted molar refractivity (Wildman–Crippen MR) is 87.7 cm³/mol. The topological polar surface area (TPSA) is 107 Å². The molecule has 0 radical (unpaired) electrons. The van der Waals surface area contributed by atoms with Crippen LogP contribution in [0.3, 0.4) is 0 Å². The molecule has 1 saturated carbocycles. The summed E-state index contributed by atoms with van der Waals surface area (Å²) in [4.78, 5) is 31.7. The van der Waals surface area contributed by atoms with Crippen LogP contribution < -0.4 is 10.9 Å². The fourth-order valence-electron chi connectivity index (χ4n) is 3.58. The summed E-state index contributed by atoms with van der Waals surface area (Å²) in [5.41, 5.74) is 5.88. The van der Waals surface area contributed by atoms with Crippen molar-refractivity contribution in [1.29, 1.82) is 0 Å². The zero-order valence-electron chi connectivity index (χ0n) is 14.3. The smallest absolute Gasteiger partial charge is 0.264 e. The highest BCUT2D eigenvalue weighted by Gasteiger charge is 2.37. The third-order valence-electron chi connectivity index (χ3n) is 4.42. The lowest BCUT2D eigenvalue weighted by Gasteiger charge is -2.37. The van der Waals surface area contributed by atoms with Crippen LogP contribution in [0.25, 0.3) is 0 Å². The van der Waals surface area contributed by atoms with Crippen molar-refractivity contribution >= 4 is 18.3 Å². The maximum atomic E-state index is 12.5. The average molecular weight is 335 g/mol. The molecule has 2 rings (SSSR count). The van der Waals surface area contributed by atoms with Gasteiger partial charge in [0.05, 0.1) is 0 Å². The molecule has 1 aliphatic carbocycles. The average Bonchev–Trinajstić information content (AvgIpc) is 2.52. The largest absolute Gasteiger partial charge is 0.285 e. The Hall–Kier alpha value is -2.22. The molecule has 0 saturated heterocycles. The lowest BCUT2D eigenvalue weighted by Crippen LogP contribution is -2.52. The molecule has 0 aliphatic heterocycles. The molecule has 132 valence electrons. The number of nitrogens with zero attached hydrogens (tertiary/aromatic N) is 3. The first-order valence-corrected chi connectivity index (χ1v) is 8.18. The monoisotopic (exact) mass is 335 g/mol. The van der Waals surface area contributed by atoms with Crippen LogP contribution in [0.2, 0.25) is 0 Å². The Bertz CT molecular complexity index is 573. The number of hydrogen-bond donors (Lipinski definition) is 3. The zero-order valence-corrected chi connectivity index (χ0v) is 14.3. The van der Waals surface area contributed by atoms with Crippen LogP contribution in [-0.4, -0.2) is 38.6 Å². The van der Waals surface area contributed by atoms with Crippen molar-refractivity contribution in [3.63, 3.8) is 0 Å². The summed E-state index contributed by atoms with van der Waals surface area (Å²) in [5, 5.41) is 10.4. The third-order valence-corrected chi connectivity index (χ3v) is 4.42. The van der Waals surface area contributed by atoms with E-state index >= 15 is 0 Å². The van der Waals surface area contributed by atoms with Crippen molar-refractivity contribution in [3.8, 4) is 0 Å². The number of nitrogens with one attached hydrogen (secondary N) is 2. The third kappa shape index (κ3) is 4.64. The number of rotatable bonds is 6. The molecular formula is C16H25N5O3. The Labute approximate surface area is 141 Å². The zero-order chi connectivity index (χ0) is 17.7. The first kappa shape index (κ1) is 18.1. The Morgan fingerprint density at radius 3 is 2.62 bits per heavy atom. The molecule has 1 aromatic rings. The highest BCUT2D eigenvalue weighted by Crippen LogP contribution is 2.35. The quantitative estimate of drug-likeness (QED) is 0.413. The van der Waals surface area contributed by atoms with Gasteiger partial charge in [-0.05, 0) is 50.0 Å². The number of anilines is 1. The van der Waals surface area contributed by atoms with Crippen molar-refractivity contribution in [1.82, 2.24) is 20.5 Å². The minimum Gasteiger partial charge on any atom is -0.285 e. The van der Waals surface area contributed by atoms with E-state index in [2.05, 4.69) is 34.7 Å². The van der Waals surface area contributed by atoms with Gasteiger partial charge >= 0.3 is 0 Å². The van der Waals surface area contributed by atoms with Crippen LogP contribution >= 0.6 is 0 Å². The normalized spacial score (nSPS) is 24.8. The molecule has 2 unspecified atom stereocenters. The van der Waals surface area contributed by atoms with Gasteiger partial charge in [-0.2, -0.15) is 0 Å². The highest BCUT2D eigenvalue weighted by molar-refractivity contribution is 5.84. The van der Waals surface area contributed by atoms with E-state index in [0.29, 0.717) is 16.9 Å². The molecule has 1 aromatic heterocycles.